The molecule has 3 rings (SSSR count). The van der Waals surface area contributed by atoms with E-state index in [4.69, 9.17) is 4.74 Å². The van der Waals surface area contributed by atoms with Crippen molar-refractivity contribution < 1.29 is 45.3 Å². The third-order valence-electron chi connectivity index (χ3n) is 3.98. The Morgan fingerprint density at radius 2 is 1.81 bits per heavy atom. The number of pyridine rings is 1. The second-order valence-corrected chi connectivity index (χ2v) is 6.28. The summed E-state index contributed by atoms with van der Waals surface area (Å²) < 4.78 is 92.5. The molecule has 1 unspecified atom stereocenters. The Kier molecular flexibility index (Phi) is 6.34. The average molecular weight is 457 g/mol. The summed E-state index contributed by atoms with van der Waals surface area (Å²) in [6.45, 7) is 1.17. The topological polar surface area (TPSA) is 57.7 Å². The van der Waals surface area contributed by atoms with Crippen LogP contribution in [0.5, 0.6) is 11.5 Å². The van der Waals surface area contributed by atoms with E-state index in [-0.39, 0.29) is 17.7 Å². The van der Waals surface area contributed by atoms with E-state index < -0.39 is 41.7 Å². The lowest BCUT2D eigenvalue weighted by molar-refractivity contribution is -0.274. The van der Waals surface area contributed by atoms with Crippen LogP contribution in [0.3, 0.4) is 0 Å². The van der Waals surface area contributed by atoms with Crippen molar-refractivity contribution in [3.63, 3.8) is 0 Å². The van der Waals surface area contributed by atoms with E-state index in [1.807, 2.05) is 0 Å². The van der Waals surface area contributed by atoms with Gasteiger partial charge in [0, 0.05) is 23.5 Å². The van der Waals surface area contributed by atoms with Crippen LogP contribution in [0.4, 0.5) is 26.3 Å². The molecule has 1 aliphatic rings. The third kappa shape index (κ3) is 5.51. The van der Waals surface area contributed by atoms with Gasteiger partial charge in [-0.3, -0.25) is 4.98 Å². The summed E-state index contributed by atoms with van der Waals surface area (Å²) in [5.74, 6) is 2.60. The van der Waals surface area contributed by atoms with E-state index >= 15 is 0 Å². The second kappa shape index (κ2) is 8.82. The van der Waals surface area contributed by atoms with E-state index in [1.165, 1.54) is 31.5 Å². The molecule has 0 aliphatic carbocycles. The smallest absolute Gasteiger partial charge is 0.474 e. The number of hydrogen-bond donors (Lipinski definition) is 0. The Balaban J connectivity index is 2.17. The number of esters is 1. The van der Waals surface area contributed by atoms with Gasteiger partial charge in [-0.2, -0.15) is 13.2 Å². The molecule has 1 aliphatic heterocycles. The number of hydrogen-bond acceptors (Lipinski definition) is 5. The molecule has 0 bridgehead atoms. The van der Waals surface area contributed by atoms with Gasteiger partial charge in [-0.05, 0) is 37.3 Å². The summed E-state index contributed by atoms with van der Waals surface area (Å²) in [4.78, 5) is 15.8. The standard InChI is InChI=1S/C21H13F6NO4/c1-2-30-19(29)16-11-14-10-15(32-21(25,26)27)9-13(4-3-12-5-7-28-8-6-12)17(14)31-18(16)20(22,23)24/h5-11,18H,2H2,1H3. The molecule has 5 nitrogen and oxygen atoms in total. The maximum absolute atomic E-state index is 13.6. The normalized spacial score (nSPS) is 15.5. The van der Waals surface area contributed by atoms with E-state index in [0.717, 1.165) is 18.2 Å². The maximum Gasteiger partial charge on any atom is 0.573 e. The van der Waals surface area contributed by atoms with Crippen molar-refractivity contribution in [3.8, 4) is 23.3 Å². The summed E-state index contributed by atoms with van der Waals surface area (Å²) in [5, 5.41) is 0. The molecule has 168 valence electrons. The molecule has 0 saturated carbocycles. The lowest BCUT2D eigenvalue weighted by Gasteiger charge is -2.28. The summed E-state index contributed by atoms with van der Waals surface area (Å²) in [5.41, 5.74) is -1.06. The largest absolute Gasteiger partial charge is 0.573 e. The minimum atomic E-state index is -5.07. The lowest BCUT2D eigenvalue weighted by Crippen LogP contribution is -2.41. The molecule has 1 aromatic heterocycles. The number of carbonyl (C=O) groups excluding carboxylic acids is 1. The van der Waals surface area contributed by atoms with Crippen LogP contribution in [-0.4, -0.2) is 36.2 Å². The van der Waals surface area contributed by atoms with Crippen molar-refractivity contribution in [1.29, 1.82) is 0 Å². The number of ether oxygens (including phenoxy) is 3. The highest BCUT2D eigenvalue weighted by Crippen LogP contribution is 2.41. The molecule has 11 heteroatoms. The molecule has 2 aromatic rings. The molecule has 1 aromatic carbocycles. The monoisotopic (exact) mass is 457 g/mol. The Morgan fingerprint density at radius 3 is 2.41 bits per heavy atom. The van der Waals surface area contributed by atoms with Crippen LogP contribution in [0, 0.1) is 11.8 Å². The number of rotatable bonds is 3. The number of fused-ring (bicyclic) bond motifs is 1. The molecular formula is C21H13F6NO4. The van der Waals surface area contributed by atoms with Crippen molar-refractivity contribution in [3.05, 3.63) is 58.9 Å². The van der Waals surface area contributed by atoms with Crippen LogP contribution in [0.25, 0.3) is 6.08 Å². The molecule has 32 heavy (non-hydrogen) atoms. The van der Waals surface area contributed by atoms with Crippen molar-refractivity contribution in [2.75, 3.05) is 6.61 Å². The number of alkyl halides is 6. The fourth-order valence-corrected chi connectivity index (χ4v) is 2.77. The Morgan fingerprint density at radius 1 is 1.12 bits per heavy atom. The molecule has 0 radical (unpaired) electrons. The van der Waals surface area contributed by atoms with Crippen molar-refractivity contribution in [2.45, 2.75) is 25.6 Å². The van der Waals surface area contributed by atoms with Crippen molar-refractivity contribution >= 4 is 12.0 Å². The zero-order valence-corrected chi connectivity index (χ0v) is 16.2. The van der Waals surface area contributed by atoms with Crippen LogP contribution in [-0.2, 0) is 9.53 Å². The average Bonchev–Trinajstić information content (AvgIpc) is 2.70. The summed E-state index contributed by atoms with van der Waals surface area (Å²) in [6, 6.07) is 4.59. The minimum absolute atomic E-state index is 0.215. The minimum Gasteiger partial charge on any atom is -0.474 e. The maximum atomic E-state index is 13.6. The first-order valence-electron chi connectivity index (χ1n) is 8.96. The predicted molar refractivity (Wildman–Crippen MR) is 98.4 cm³/mol. The zero-order chi connectivity index (χ0) is 23.5. The molecule has 0 N–H and O–H groups in total. The lowest BCUT2D eigenvalue weighted by atomic mass is 9.98. The van der Waals surface area contributed by atoms with Crippen LogP contribution >= 0.6 is 0 Å². The summed E-state index contributed by atoms with van der Waals surface area (Å²) >= 11 is 0. The van der Waals surface area contributed by atoms with Crippen LogP contribution in [0.1, 0.15) is 23.6 Å². The van der Waals surface area contributed by atoms with Crippen molar-refractivity contribution in [2.24, 2.45) is 0 Å². The van der Waals surface area contributed by atoms with E-state index in [2.05, 4.69) is 26.3 Å². The van der Waals surface area contributed by atoms with Gasteiger partial charge in [0.1, 0.15) is 11.5 Å². The third-order valence-corrected chi connectivity index (χ3v) is 3.98. The van der Waals surface area contributed by atoms with Gasteiger partial charge in [0.05, 0.1) is 17.7 Å². The number of nitrogens with zero attached hydrogens (tertiary/aromatic N) is 1. The van der Waals surface area contributed by atoms with Crippen molar-refractivity contribution in [1.82, 2.24) is 4.98 Å². The Labute approximate surface area is 177 Å². The molecule has 2 heterocycles. The van der Waals surface area contributed by atoms with E-state index in [9.17, 15) is 31.1 Å². The first-order valence-corrected chi connectivity index (χ1v) is 8.96. The van der Waals surface area contributed by atoms with Gasteiger partial charge in [-0.25, -0.2) is 4.79 Å². The molecule has 0 amide bonds. The molecule has 0 saturated heterocycles. The first kappa shape index (κ1) is 23.0. The molecule has 0 spiro atoms. The summed E-state index contributed by atoms with van der Waals surface area (Å²) in [7, 11) is 0. The molecule has 1 atom stereocenters. The SMILES string of the molecule is CCOC(=O)C1=Cc2cc(OC(F)(F)F)cc(C#Cc3ccncc3)c2OC1C(F)(F)F. The number of halogens is 6. The van der Waals surface area contributed by atoms with Gasteiger partial charge < -0.3 is 14.2 Å². The quantitative estimate of drug-likeness (QED) is 0.382. The highest BCUT2D eigenvalue weighted by molar-refractivity contribution is 5.96. The number of benzene rings is 1. The predicted octanol–water partition coefficient (Wildman–Crippen LogP) is 4.65. The zero-order valence-electron chi connectivity index (χ0n) is 16.2. The number of aromatic nitrogens is 1. The van der Waals surface area contributed by atoms with Gasteiger partial charge in [-0.1, -0.05) is 11.8 Å². The molecular weight excluding hydrogens is 444 g/mol. The highest BCUT2D eigenvalue weighted by Gasteiger charge is 2.49. The van der Waals surface area contributed by atoms with Gasteiger partial charge in [0.25, 0.3) is 0 Å². The first-order chi connectivity index (χ1) is 15.0. The van der Waals surface area contributed by atoms with Gasteiger partial charge in [0.15, 0.2) is 0 Å². The van der Waals surface area contributed by atoms with Crippen LogP contribution < -0.4 is 9.47 Å². The molecule has 0 fully saturated rings. The van der Waals surface area contributed by atoms with Gasteiger partial charge in [0.2, 0.25) is 6.10 Å². The Hall–Kier alpha value is -3.68. The fourth-order valence-electron chi connectivity index (χ4n) is 2.77. The van der Waals surface area contributed by atoms with Gasteiger partial charge in [-0.15, -0.1) is 13.2 Å². The highest BCUT2D eigenvalue weighted by atomic mass is 19.4. The van der Waals surface area contributed by atoms with Crippen LogP contribution in [0.15, 0.2) is 42.2 Å². The fraction of sp³-hybridized carbons (Fsp3) is 0.238. The van der Waals surface area contributed by atoms with E-state index in [0.29, 0.717) is 5.56 Å². The van der Waals surface area contributed by atoms with Crippen LogP contribution in [0.2, 0.25) is 0 Å². The van der Waals surface area contributed by atoms with E-state index in [1.54, 1.807) is 0 Å². The second-order valence-electron chi connectivity index (χ2n) is 6.28. The number of carbonyl (C=O) groups is 1. The van der Waals surface area contributed by atoms with Gasteiger partial charge >= 0.3 is 18.5 Å². The Bertz CT molecular complexity index is 1100. The summed E-state index contributed by atoms with van der Waals surface area (Å²) in [6.07, 6.45) is -9.18.